The molecule has 0 N–H and O–H groups in total. The van der Waals surface area contributed by atoms with Gasteiger partial charge >= 0.3 is 0 Å². The van der Waals surface area contributed by atoms with Crippen molar-refractivity contribution in [1.29, 1.82) is 0 Å². The molecule has 0 aliphatic carbocycles. The van der Waals surface area contributed by atoms with E-state index in [2.05, 4.69) is 15.0 Å². The molecule has 30 heavy (non-hydrogen) atoms. The van der Waals surface area contributed by atoms with E-state index < -0.39 is 10.0 Å². The van der Waals surface area contributed by atoms with Crippen molar-refractivity contribution >= 4 is 21.7 Å². The Bertz CT molecular complexity index is 1010. The molecule has 0 atom stereocenters. The Hall–Kier alpha value is -2.46. The van der Waals surface area contributed by atoms with E-state index in [0.29, 0.717) is 37.3 Å². The second-order valence-corrected chi connectivity index (χ2v) is 9.65. The predicted octanol–water partition coefficient (Wildman–Crippen LogP) is 1.82. The van der Waals surface area contributed by atoms with Crippen LogP contribution in [0.2, 0.25) is 0 Å². The van der Waals surface area contributed by atoms with Gasteiger partial charge in [0.25, 0.3) is 5.91 Å². The Kier molecular flexibility index (Phi) is 5.79. The third kappa shape index (κ3) is 3.81. The summed E-state index contributed by atoms with van der Waals surface area (Å²) in [4.78, 5) is 21.8. The maximum Gasteiger partial charge on any atom is 0.257 e. The SMILES string of the molecule is Cc1noc(C)c1S(=O)(=O)N1CCCN(C(=O)c2cccnc2N2CCCC2)CC1. The lowest BCUT2D eigenvalue weighted by Gasteiger charge is -2.25. The quantitative estimate of drug-likeness (QED) is 0.725. The number of amides is 1. The summed E-state index contributed by atoms with van der Waals surface area (Å²) in [7, 11) is -3.72. The first kappa shape index (κ1) is 20.8. The molecule has 0 bridgehead atoms. The Morgan fingerprint density at radius 3 is 2.50 bits per heavy atom. The van der Waals surface area contributed by atoms with Crippen molar-refractivity contribution in [2.45, 2.75) is 38.0 Å². The highest BCUT2D eigenvalue weighted by molar-refractivity contribution is 7.89. The third-order valence-electron chi connectivity index (χ3n) is 5.73. The number of nitrogens with zero attached hydrogens (tertiary/aromatic N) is 5. The molecule has 4 rings (SSSR count). The highest BCUT2D eigenvalue weighted by Gasteiger charge is 2.33. The fourth-order valence-corrected chi connectivity index (χ4v) is 5.99. The Morgan fingerprint density at radius 1 is 1.03 bits per heavy atom. The molecule has 0 unspecified atom stereocenters. The molecule has 2 aromatic rings. The minimum atomic E-state index is -3.72. The van der Waals surface area contributed by atoms with Crippen molar-refractivity contribution < 1.29 is 17.7 Å². The summed E-state index contributed by atoms with van der Waals surface area (Å²) in [6, 6.07) is 3.59. The normalized spacial score (nSPS) is 18.6. The van der Waals surface area contributed by atoms with Crippen LogP contribution in [0.25, 0.3) is 0 Å². The van der Waals surface area contributed by atoms with Crippen LogP contribution in [-0.2, 0) is 10.0 Å². The van der Waals surface area contributed by atoms with E-state index in [0.717, 1.165) is 31.7 Å². The molecule has 4 heterocycles. The van der Waals surface area contributed by atoms with Crippen LogP contribution in [0, 0.1) is 13.8 Å². The van der Waals surface area contributed by atoms with Crippen molar-refractivity contribution in [3.8, 4) is 0 Å². The van der Waals surface area contributed by atoms with Gasteiger partial charge < -0.3 is 14.3 Å². The molecule has 9 nitrogen and oxygen atoms in total. The molecule has 2 aliphatic rings. The summed E-state index contributed by atoms with van der Waals surface area (Å²) < 4.78 is 32.7. The largest absolute Gasteiger partial charge is 0.360 e. The molecule has 0 aromatic carbocycles. The number of carbonyl (C=O) groups excluding carboxylic acids is 1. The van der Waals surface area contributed by atoms with Gasteiger partial charge in [0.15, 0.2) is 5.76 Å². The van der Waals surface area contributed by atoms with Gasteiger partial charge in [-0.25, -0.2) is 13.4 Å². The average Bonchev–Trinajstić information content (AvgIpc) is 3.30. The zero-order chi connectivity index (χ0) is 21.3. The van der Waals surface area contributed by atoms with Gasteiger partial charge in [-0.2, -0.15) is 4.31 Å². The van der Waals surface area contributed by atoms with Crippen LogP contribution in [0.4, 0.5) is 5.82 Å². The van der Waals surface area contributed by atoms with Crippen LogP contribution in [-0.4, -0.2) is 72.9 Å². The van der Waals surface area contributed by atoms with Crippen molar-refractivity contribution in [2.75, 3.05) is 44.2 Å². The molecule has 2 saturated heterocycles. The summed E-state index contributed by atoms with van der Waals surface area (Å²) in [6.07, 6.45) is 4.48. The van der Waals surface area contributed by atoms with Crippen molar-refractivity contribution in [1.82, 2.24) is 19.3 Å². The first-order valence-corrected chi connectivity index (χ1v) is 11.8. The van der Waals surface area contributed by atoms with Gasteiger partial charge in [-0.15, -0.1) is 0 Å². The zero-order valence-corrected chi connectivity index (χ0v) is 18.2. The lowest BCUT2D eigenvalue weighted by molar-refractivity contribution is 0.0764. The standard InChI is InChI=1S/C20H27N5O4S/c1-15-18(16(2)29-22-15)30(27,28)25-12-6-11-24(13-14-25)20(26)17-7-5-8-21-19(17)23-9-3-4-10-23/h5,7-8H,3-4,6,9-14H2,1-2H3. The fraction of sp³-hybridized carbons (Fsp3) is 0.550. The molecule has 2 aliphatic heterocycles. The smallest absolute Gasteiger partial charge is 0.257 e. The van der Waals surface area contributed by atoms with Crippen molar-refractivity contribution in [3.63, 3.8) is 0 Å². The predicted molar refractivity (Wildman–Crippen MR) is 111 cm³/mol. The summed E-state index contributed by atoms with van der Waals surface area (Å²) >= 11 is 0. The van der Waals surface area contributed by atoms with Crippen LogP contribution < -0.4 is 4.90 Å². The molecule has 2 fully saturated rings. The van der Waals surface area contributed by atoms with Crippen molar-refractivity contribution in [2.24, 2.45) is 0 Å². The molecule has 0 radical (unpaired) electrons. The van der Waals surface area contributed by atoms with Crippen LogP contribution in [0.15, 0.2) is 27.7 Å². The van der Waals surface area contributed by atoms with Gasteiger partial charge in [0, 0.05) is 45.5 Å². The minimum Gasteiger partial charge on any atom is -0.360 e. The van der Waals surface area contributed by atoms with Gasteiger partial charge in [-0.3, -0.25) is 4.79 Å². The fourth-order valence-electron chi connectivity index (χ4n) is 4.22. The number of sulfonamides is 1. The van der Waals surface area contributed by atoms with E-state index >= 15 is 0 Å². The molecule has 0 spiro atoms. The van der Waals surface area contributed by atoms with Crippen LogP contribution >= 0.6 is 0 Å². The van der Waals surface area contributed by atoms with Crippen molar-refractivity contribution in [3.05, 3.63) is 35.3 Å². The summed E-state index contributed by atoms with van der Waals surface area (Å²) in [6.45, 7) is 6.44. The first-order chi connectivity index (χ1) is 14.4. The van der Waals surface area contributed by atoms with Crippen LogP contribution in [0.3, 0.4) is 0 Å². The molecule has 162 valence electrons. The topological polar surface area (TPSA) is 99.8 Å². The number of anilines is 1. The first-order valence-electron chi connectivity index (χ1n) is 10.3. The van der Waals surface area contributed by atoms with E-state index in [4.69, 9.17) is 4.52 Å². The monoisotopic (exact) mass is 433 g/mol. The lowest BCUT2D eigenvalue weighted by Crippen LogP contribution is -2.38. The summed E-state index contributed by atoms with van der Waals surface area (Å²) in [5, 5.41) is 3.77. The molecular weight excluding hydrogens is 406 g/mol. The Morgan fingerprint density at radius 2 is 1.80 bits per heavy atom. The number of rotatable bonds is 4. The number of hydrogen-bond donors (Lipinski definition) is 0. The third-order valence-corrected chi connectivity index (χ3v) is 7.87. The summed E-state index contributed by atoms with van der Waals surface area (Å²) in [5.41, 5.74) is 0.941. The van der Waals surface area contributed by atoms with E-state index in [1.165, 1.54) is 4.31 Å². The summed E-state index contributed by atoms with van der Waals surface area (Å²) in [5.74, 6) is 0.918. The van der Waals surface area contributed by atoms with Gasteiger partial charge in [0.2, 0.25) is 10.0 Å². The highest BCUT2D eigenvalue weighted by atomic mass is 32.2. The number of hydrogen-bond acceptors (Lipinski definition) is 7. The van der Waals surface area contributed by atoms with E-state index in [9.17, 15) is 13.2 Å². The zero-order valence-electron chi connectivity index (χ0n) is 17.4. The molecule has 1 amide bonds. The second-order valence-electron chi connectivity index (χ2n) is 7.77. The van der Waals surface area contributed by atoms with E-state index in [1.54, 1.807) is 31.0 Å². The molecular formula is C20H27N5O4S. The van der Waals surface area contributed by atoms with Gasteiger partial charge in [0.05, 0.1) is 5.56 Å². The number of pyridine rings is 1. The Labute approximate surface area is 176 Å². The van der Waals surface area contributed by atoms with Gasteiger partial charge in [-0.05, 0) is 45.2 Å². The minimum absolute atomic E-state index is 0.0958. The molecule has 10 heteroatoms. The van der Waals surface area contributed by atoms with Crippen LogP contribution in [0.5, 0.6) is 0 Å². The molecule has 2 aromatic heterocycles. The van der Waals surface area contributed by atoms with E-state index in [1.807, 2.05) is 6.07 Å². The maximum atomic E-state index is 13.3. The second kappa shape index (κ2) is 8.35. The lowest BCUT2D eigenvalue weighted by atomic mass is 10.2. The van der Waals surface area contributed by atoms with Crippen LogP contribution in [0.1, 0.15) is 41.1 Å². The Balaban J connectivity index is 1.52. The van der Waals surface area contributed by atoms with Gasteiger partial charge in [0.1, 0.15) is 16.4 Å². The highest BCUT2D eigenvalue weighted by Crippen LogP contribution is 2.26. The van der Waals surface area contributed by atoms with Gasteiger partial charge in [-0.1, -0.05) is 5.16 Å². The number of aromatic nitrogens is 2. The maximum absolute atomic E-state index is 13.3. The van der Waals surface area contributed by atoms with E-state index in [-0.39, 0.29) is 23.1 Å². The number of aryl methyl sites for hydroxylation is 2. The number of carbonyl (C=O) groups is 1. The average molecular weight is 434 g/mol. The molecule has 0 saturated carbocycles.